The molecule has 0 aliphatic rings. The van der Waals surface area contributed by atoms with E-state index in [1.807, 2.05) is 36.4 Å². The van der Waals surface area contributed by atoms with Gasteiger partial charge in [-0.3, -0.25) is 0 Å². The third-order valence-corrected chi connectivity index (χ3v) is 3.30. The molecule has 0 aliphatic carbocycles. The van der Waals surface area contributed by atoms with Gasteiger partial charge in [0.25, 0.3) is 0 Å². The Morgan fingerprint density at radius 3 is 2.67 bits per heavy atom. The number of ether oxygens (including phenoxy) is 1. The molecule has 0 spiro atoms. The molecule has 0 fully saturated rings. The van der Waals surface area contributed by atoms with Crippen LogP contribution in [0.4, 0.5) is 10.5 Å². The van der Waals surface area contributed by atoms with Crippen LogP contribution in [0.15, 0.2) is 65.7 Å². The van der Waals surface area contributed by atoms with Gasteiger partial charge >= 0.3 is 6.03 Å². The average Bonchev–Trinajstić information content (AvgIpc) is 2.61. The number of fused-ring (bicyclic) bond motifs is 1. The van der Waals surface area contributed by atoms with E-state index in [0.717, 1.165) is 16.6 Å². The number of isocyanates is 1. The van der Waals surface area contributed by atoms with Gasteiger partial charge in [-0.05, 0) is 36.4 Å². The van der Waals surface area contributed by atoms with Crippen molar-refractivity contribution in [3.05, 3.63) is 66.4 Å². The van der Waals surface area contributed by atoms with E-state index in [-0.39, 0.29) is 0 Å². The molecule has 3 aromatic rings. The molecule has 0 bridgehead atoms. The number of nitrogens with one attached hydrogen (secondary N) is 1. The number of para-hydroxylation sites is 1. The Morgan fingerprint density at radius 2 is 1.88 bits per heavy atom. The van der Waals surface area contributed by atoms with Crippen LogP contribution in [-0.4, -0.2) is 17.1 Å². The van der Waals surface area contributed by atoms with E-state index in [9.17, 15) is 9.59 Å². The number of aromatic nitrogens is 1. The molecule has 1 N–H and O–H groups in total. The van der Waals surface area contributed by atoms with Crippen LogP contribution in [0.2, 0.25) is 0 Å². The van der Waals surface area contributed by atoms with Gasteiger partial charge in [0.15, 0.2) is 0 Å². The van der Waals surface area contributed by atoms with Crippen molar-refractivity contribution in [1.29, 1.82) is 0 Å². The van der Waals surface area contributed by atoms with Gasteiger partial charge in [-0.25, -0.2) is 14.6 Å². The molecule has 6 heteroatoms. The van der Waals surface area contributed by atoms with Crippen molar-refractivity contribution in [3.8, 4) is 5.75 Å². The molecule has 118 valence electrons. The molecule has 24 heavy (non-hydrogen) atoms. The number of anilines is 1. The highest BCUT2D eigenvalue weighted by Crippen LogP contribution is 2.18. The molecule has 0 unspecified atom stereocenters. The van der Waals surface area contributed by atoms with Crippen molar-refractivity contribution >= 4 is 28.7 Å². The third-order valence-electron chi connectivity index (χ3n) is 3.30. The van der Waals surface area contributed by atoms with Crippen LogP contribution in [-0.2, 0) is 11.4 Å². The van der Waals surface area contributed by atoms with E-state index >= 15 is 0 Å². The first-order chi connectivity index (χ1) is 11.7. The number of amides is 2. The topological polar surface area (TPSA) is 80.7 Å². The normalized spacial score (nSPS) is 10.0. The fourth-order valence-corrected chi connectivity index (χ4v) is 2.17. The second kappa shape index (κ2) is 7.17. The maximum atomic E-state index is 11.1. The average molecular weight is 319 g/mol. The van der Waals surface area contributed by atoms with Crippen molar-refractivity contribution in [1.82, 2.24) is 4.98 Å². The fourth-order valence-electron chi connectivity index (χ4n) is 2.17. The summed E-state index contributed by atoms with van der Waals surface area (Å²) in [6.45, 7) is 0.339. The molecule has 0 atom stereocenters. The summed E-state index contributed by atoms with van der Waals surface area (Å²) in [6.07, 6.45) is 1.18. The molecule has 1 aromatic heterocycles. The van der Waals surface area contributed by atoms with Crippen molar-refractivity contribution in [2.75, 3.05) is 5.32 Å². The molecular formula is C18H13N3O3. The smallest absolute Gasteiger partial charge is 0.356 e. The Kier molecular flexibility index (Phi) is 4.60. The summed E-state index contributed by atoms with van der Waals surface area (Å²) in [7, 11) is 0. The standard InChI is InChI=1S/C18H13N3O3/c22-12-19-18(23)21-14-7-9-16(10-8-14)24-11-15-6-5-13-3-1-2-4-17(13)20-15/h1-10H,11H2,(H,21,23). The highest BCUT2D eigenvalue weighted by Gasteiger charge is 2.02. The summed E-state index contributed by atoms with van der Waals surface area (Å²) in [6, 6.07) is 17.8. The molecule has 1 heterocycles. The summed E-state index contributed by atoms with van der Waals surface area (Å²) in [5, 5.41) is 3.51. The van der Waals surface area contributed by atoms with Gasteiger partial charge in [0.05, 0.1) is 11.2 Å². The highest BCUT2D eigenvalue weighted by molar-refractivity contribution is 5.92. The number of hydrogen-bond donors (Lipinski definition) is 1. The van der Waals surface area contributed by atoms with Crippen LogP contribution in [0.1, 0.15) is 5.69 Å². The van der Waals surface area contributed by atoms with Gasteiger partial charge in [-0.15, -0.1) is 4.99 Å². The van der Waals surface area contributed by atoms with Gasteiger partial charge in [0, 0.05) is 11.1 Å². The molecule has 2 aromatic carbocycles. The van der Waals surface area contributed by atoms with Crippen molar-refractivity contribution < 1.29 is 14.3 Å². The summed E-state index contributed by atoms with van der Waals surface area (Å²) >= 11 is 0. The van der Waals surface area contributed by atoms with E-state index < -0.39 is 6.03 Å². The lowest BCUT2D eigenvalue weighted by atomic mass is 10.2. The minimum absolute atomic E-state index is 0.339. The van der Waals surface area contributed by atoms with Crippen LogP contribution in [0, 0.1) is 0 Å². The van der Waals surface area contributed by atoms with Crippen molar-refractivity contribution in [2.45, 2.75) is 6.61 Å². The maximum Gasteiger partial charge on any atom is 0.356 e. The van der Waals surface area contributed by atoms with E-state index in [2.05, 4.69) is 15.3 Å². The SMILES string of the molecule is O=C=NC(=O)Nc1ccc(OCc2ccc3ccccc3n2)cc1. The Bertz CT molecular complexity index is 916. The number of nitrogens with zero attached hydrogens (tertiary/aromatic N) is 2. The third kappa shape index (κ3) is 3.82. The number of benzene rings is 2. The lowest BCUT2D eigenvalue weighted by Crippen LogP contribution is -2.05. The van der Waals surface area contributed by atoms with Gasteiger partial charge in [-0.2, -0.15) is 0 Å². The fraction of sp³-hybridized carbons (Fsp3) is 0.0556. The lowest BCUT2D eigenvalue weighted by molar-refractivity contribution is 0.259. The van der Waals surface area contributed by atoms with Gasteiger partial charge in [-0.1, -0.05) is 24.3 Å². The Hall–Kier alpha value is -3.50. The predicted molar refractivity (Wildman–Crippen MR) is 89.7 cm³/mol. The minimum atomic E-state index is -0.765. The quantitative estimate of drug-likeness (QED) is 0.587. The number of carbonyl (C=O) groups excluding carboxylic acids is 2. The molecule has 2 amide bonds. The van der Waals surface area contributed by atoms with E-state index in [0.29, 0.717) is 18.0 Å². The zero-order valence-electron chi connectivity index (χ0n) is 12.6. The molecule has 0 aliphatic heterocycles. The first kappa shape index (κ1) is 15.4. The zero-order chi connectivity index (χ0) is 16.8. The first-order valence-electron chi connectivity index (χ1n) is 7.21. The first-order valence-corrected chi connectivity index (χ1v) is 7.21. The number of rotatable bonds is 4. The van der Waals surface area contributed by atoms with Gasteiger partial charge in [0.1, 0.15) is 12.4 Å². The highest BCUT2D eigenvalue weighted by atomic mass is 16.5. The molecule has 0 saturated heterocycles. The lowest BCUT2D eigenvalue weighted by Gasteiger charge is -2.07. The van der Waals surface area contributed by atoms with Gasteiger partial charge in [0.2, 0.25) is 6.08 Å². The van der Waals surface area contributed by atoms with E-state index in [1.54, 1.807) is 24.3 Å². The number of aliphatic imine (C=N–C) groups is 1. The second-order valence-corrected chi connectivity index (χ2v) is 4.94. The number of urea groups is 1. The Balaban J connectivity index is 1.63. The zero-order valence-corrected chi connectivity index (χ0v) is 12.6. The maximum absolute atomic E-state index is 11.1. The molecule has 0 radical (unpaired) electrons. The van der Waals surface area contributed by atoms with Crippen LogP contribution < -0.4 is 10.1 Å². The molecule has 0 saturated carbocycles. The Morgan fingerprint density at radius 1 is 1.08 bits per heavy atom. The van der Waals surface area contributed by atoms with E-state index in [4.69, 9.17) is 4.74 Å². The summed E-state index contributed by atoms with van der Waals surface area (Å²) in [5.41, 5.74) is 2.26. The van der Waals surface area contributed by atoms with Gasteiger partial charge < -0.3 is 10.1 Å². The summed E-state index contributed by atoms with van der Waals surface area (Å²) in [4.78, 5) is 28.6. The van der Waals surface area contributed by atoms with Crippen LogP contribution in [0.25, 0.3) is 10.9 Å². The monoisotopic (exact) mass is 319 g/mol. The predicted octanol–water partition coefficient (Wildman–Crippen LogP) is 3.68. The summed E-state index contributed by atoms with van der Waals surface area (Å²) in [5.74, 6) is 0.641. The largest absolute Gasteiger partial charge is 0.487 e. The van der Waals surface area contributed by atoms with Crippen molar-refractivity contribution in [3.63, 3.8) is 0 Å². The van der Waals surface area contributed by atoms with Crippen LogP contribution >= 0.6 is 0 Å². The molecular weight excluding hydrogens is 306 g/mol. The number of pyridine rings is 1. The minimum Gasteiger partial charge on any atom is -0.487 e. The van der Waals surface area contributed by atoms with E-state index in [1.165, 1.54) is 6.08 Å². The van der Waals surface area contributed by atoms with Crippen LogP contribution in [0.5, 0.6) is 5.75 Å². The summed E-state index contributed by atoms with van der Waals surface area (Å²) < 4.78 is 5.69. The number of carbonyl (C=O) groups is 1. The van der Waals surface area contributed by atoms with Crippen LogP contribution in [0.3, 0.4) is 0 Å². The second-order valence-electron chi connectivity index (χ2n) is 4.94. The van der Waals surface area contributed by atoms with Crippen molar-refractivity contribution in [2.24, 2.45) is 4.99 Å². The molecule has 6 nitrogen and oxygen atoms in total. The molecule has 3 rings (SSSR count). The Labute approximate surface area is 137 Å². The number of hydrogen-bond acceptors (Lipinski definition) is 4.